The molecule has 0 unspecified atom stereocenters. The number of aromatic nitrogens is 4. The fourth-order valence-corrected chi connectivity index (χ4v) is 2.05. The first-order chi connectivity index (χ1) is 9.69. The highest BCUT2D eigenvalue weighted by atomic mass is 16.5. The van der Waals surface area contributed by atoms with Crippen LogP contribution in [-0.4, -0.2) is 27.1 Å². The summed E-state index contributed by atoms with van der Waals surface area (Å²) in [6, 6.07) is 7.43. The van der Waals surface area contributed by atoms with Crippen molar-refractivity contribution in [1.29, 1.82) is 0 Å². The number of hydrogen-bond donors (Lipinski definition) is 2. The summed E-state index contributed by atoms with van der Waals surface area (Å²) in [5.74, 6) is 0.758. The molecule has 102 valence electrons. The van der Waals surface area contributed by atoms with Crippen LogP contribution in [-0.2, 0) is 6.54 Å². The normalized spacial score (nSPS) is 10.8. The van der Waals surface area contributed by atoms with E-state index in [9.17, 15) is 9.59 Å². The standard InChI is InChI=1S/C13H12N4O3/c1-20-9-4-2-8(3-5-9)7-17-11-10(6-14-17)12(18)15-16-13(11)19/h2-6H,7H2,1H3,(H,15,18)(H,16,19). The highest BCUT2D eigenvalue weighted by Crippen LogP contribution is 2.13. The van der Waals surface area contributed by atoms with E-state index in [-0.39, 0.29) is 22.0 Å². The summed E-state index contributed by atoms with van der Waals surface area (Å²) < 4.78 is 6.59. The number of rotatable bonds is 3. The molecule has 1 aromatic carbocycles. The molecule has 2 heterocycles. The molecule has 0 saturated carbocycles. The van der Waals surface area contributed by atoms with Crippen molar-refractivity contribution in [2.24, 2.45) is 0 Å². The molecule has 0 radical (unpaired) electrons. The molecule has 3 aromatic rings. The van der Waals surface area contributed by atoms with Crippen molar-refractivity contribution in [3.8, 4) is 5.75 Å². The molecule has 20 heavy (non-hydrogen) atoms. The smallest absolute Gasteiger partial charge is 0.288 e. The molecule has 0 amide bonds. The molecule has 7 nitrogen and oxygen atoms in total. The number of fused-ring (bicyclic) bond motifs is 1. The van der Waals surface area contributed by atoms with Gasteiger partial charge in [-0.25, -0.2) is 0 Å². The van der Waals surface area contributed by atoms with Gasteiger partial charge >= 0.3 is 0 Å². The zero-order valence-electron chi connectivity index (χ0n) is 10.7. The Morgan fingerprint density at radius 2 is 1.85 bits per heavy atom. The van der Waals surface area contributed by atoms with Crippen LogP contribution in [0.15, 0.2) is 40.1 Å². The zero-order chi connectivity index (χ0) is 14.1. The third kappa shape index (κ3) is 1.99. The third-order valence-corrected chi connectivity index (χ3v) is 3.08. The molecule has 2 aromatic heterocycles. The quantitative estimate of drug-likeness (QED) is 0.724. The fraction of sp³-hybridized carbons (Fsp3) is 0.154. The van der Waals surface area contributed by atoms with Crippen molar-refractivity contribution in [2.75, 3.05) is 7.11 Å². The largest absolute Gasteiger partial charge is 0.497 e. The summed E-state index contributed by atoms with van der Waals surface area (Å²) in [6.07, 6.45) is 1.40. The second-order valence-electron chi connectivity index (χ2n) is 4.32. The van der Waals surface area contributed by atoms with Gasteiger partial charge in [0.25, 0.3) is 11.1 Å². The van der Waals surface area contributed by atoms with Crippen molar-refractivity contribution in [3.05, 3.63) is 56.7 Å². The van der Waals surface area contributed by atoms with Gasteiger partial charge in [-0.2, -0.15) is 5.10 Å². The maximum Gasteiger partial charge on any atom is 0.288 e. The molecule has 2 N–H and O–H groups in total. The topological polar surface area (TPSA) is 92.8 Å². The lowest BCUT2D eigenvalue weighted by Gasteiger charge is -2.04. The van der Waals surface area contributed by atoms with Gasteiger partial charge in [0.1, 0.15) is 11.3 Å². The van der Waals surface area contributed by atoms with Crippen molar-refractivity contribution in [3.63, 3.8) is 0 Å². The first-order valence-corrected chi connectivity index (χ1v) is 5.98. The second kappa shape index (κ2) is 4.69. The number of benzene rings is 1. The predicted molar refractivity (Wildman–Crippen MR) is 73.1 cm³/mol. The monoisotopic (exact) mass is 272 g/mol. The van der Waals surface area contributed by atoms with Gasteiger partial charge in [-0.15, -0.1) is 0 Å². The molecule has 0 atom stereocenters. The summed E-state index contributed by atoms with van der Waals surface area (Å²) in [4.78, 5) is 23.4. The molecule has 0 saturated heterocycles. The fourth-order valence-electron chi connectivity index (χ4n) is 2.05. The predicted octanol–water partition coefficient (Wildman–Crippen LogP) is 0.470. The molecule has 0 bridgehead atoms. The first-order valence-electron chi connectivity index (χ1n) is 5.98. The Balaban J connectivity index is 2.04. The Kier molecular flexibility index (Phi) is 2.86. The van der Waals surface area contributed by atoms with Crippen LogP contribution < -0.4 is 15.9 Å². The summed E-state index contributed by atoms with van der Waals surface area (Å²) in [6.45, 7) is 0.403. The van der Waals surface area contributed by atoms with Crippen LogP contribution in [0.25, 0.3) is 10.9 Å². The SMILES string of the molecule is COc1ccc(Cn2ncc3c(=O)[nH][nH]c(=O)c32)cc1. The molecular weight excluding hydrogens is 260 g/mol. The van der Waals surface area contributed by atoms with Crippen LogP contribution in [0.4, 0.5) is 0 Å². The molecule has 0 aliphatic rings. The van der Waals surface area contributed by atoms with Crippen LogP contribution >= 0.6 is 0 Å². The average Bonchev–Trinajstić information content (AvgIpc) is 2.89. The van der Waals surface area contributed by atoms with E-state index in [2.05, 4.69) is 15.3 Å². The van der Waals surface area contributed by atoms with Gasteiger partial charge in [0.2, 0.25) is 0 Å². The lowest BCUT2D eigenvalue weighted by molar-refractivity contribution is 0.414. The van der Waals surface area contributed by atoms with Crippen LogP contribution in [0, 0.1) is 0 Å². The Labute approximate surface area is 112 Å². The van der Waals surface area contributed by atoms with Gasteiger partial charge in [-0.1, -0.05) is 12.1 Å². The van der Waals surface area contributed by atoms with E-state index in [1.807, 2.05) is 24.3 Å². The van der Waals surface area contributed by atoms with E-state index in [1.165, 1.54) is 10.9 Å². The second-order valence-corrected chi connectivity index (χ2v) is 4.32. The molecule has 0 spiro atoms. The maximum atomic E-state index is 11.8. The van der Waals surface area contributed by atoms with Gasteiger partial charge in [0.05, 0.1) is 25.2 Å². The zero-order valence-corrected chi connectivity index (χ0v) is 10.7. The van der Waals surface area contributed by atoms with E-state index in [0.717, 1.165) is 11.3 Å². The van der Waals surface area contributed by atoms with Crippen molar-refractivity contribution >= 4 is 10.9 Å². The highest BCUT2D eigenvalue weighted by Gasteiger charge is 2.10. The van der Waals surface area contributed by atoms with Crippen molar-refractivity contribution in [1.82, 2.24) is 20.0 Å². The van der Waals surface area contributed by atoms with Crippen LogP contribution in [0.3, 0.4) is 0 Å². The third-order valence-electron chi connectivity index (χ3n) is 3.08. The average molecular weight is 272 g/mol. The number of hydrogen-bond acceptors (Lipinski definition) is 4. The van der Waals surface area contributed by atoms with Crippen molar-refractivity contribution < 1.29 is 4.74 Å². The minimum Gasteiger partial charge on any atom is -0.497 e. The Bertz CT molecular complexity index is 858. The minimum absolute atomic E-state index is 0.268. The van der Waals surface area contributed by atoms with E-state index >= 15 is 0 Å². The van der Waals surface area contributed by atoms with Gasteiger partial charge in [-0.3, -0.25) is 24.5 Å². The van der Waals surface area contributed by atoms with Crippen LogP contribution in [0.5, 0.6) is 5.75 Å². The number of nitrogens with one attached hydrogen (secondary N) is 2. The van der Waals surface area contributed by atoms with E-state index in [0.29, 0.717) is 6.54 Å². The number of methoxy groups -OCH3 is 1. The summed E-state index contributed by atoms with van der Waals surface area (Å²) >= 11 is 0. The summed E-state index contributed by atoms with van der Waals surface area (Å²) in [7, 11) is 1.60. The van der Waals surface area contributed by atoms with E-state index in [4.69, 9.17) is 4.74 Å². The number of ether oxygens (including phenoxy) is 1. The molecule has 0 aliphatic heterocycles. The minimum atomic E-state index is -0.370. The molecule has 3 rings (SSSR count). The van der Waals surface area contributed by atoms with Gasteiger partial charge < -0.3 is 4.74 Å². The molecule has 7 heteroatoms. The molecular formula is C13H12N4O3. The van der Waals surface area contributed by atoms with Crippen molar-refractivity contribution in [2.45, 2.75) is 6.54 Å². The Hall–Kier alpha value is -2.83. The Morgan fingerprint density at radius 3 is 2.55 bits per heavy atom. The van der Waals surface area contributed by atoms with E-state index in [1.54, 1.807) is 7.11 Å². The molecule has 0 aliphatic carbocycles. The number of H-pyrrole nitrogens is 2. The Morgan fingerprint density at radius 1 is 1.15 bits per heavy atom. The summed E-state index contributed by atoms with van der Waals surface area (Å²) in [5.41, 5.74) is 0.492. The summed E-state index contributed by atoms with van der Waals surface area (Å²) in [5, 5.41) is 8.95. The maximum absolute atomic E-state index is 11.8. The van der Waals surface area contributed by atoms with Gasteiger partial charge in [0, 0.05) is 0 Å². The first kappa shape index (κ1) is 12.2. The van der Waals surface area contributed by atoms with Crippen LogP contribution in [0.1, 0.15) is 5.56 Å². The van der Waals surface area contributed by atoms with Crippen LogP contribution in [0.2, 0.25) is 0 Å². The van der Waals surface area contributed by atoms with Gasteiger partial charge in [0.15, 0.2) is 0 Å². The van der Waals surface area contributed by atoms with E-state index < -0.39 is 0 Å². The van der Waals surface area contributed by atoms with Gasteiger partial charge in [-0.05, 0) is 17.7 Å². The lowest BCUT2D eigenvalue weighted by atomic mass is 10.2. The highest BCUT2D eigenvalue weighted by molar-refractivity contribution is 5.76. The lowest BCUT2D eigenvalue weighted by Crippen LogP contribution is -2.20. The number of aromatic amines is 2. The number of nitrogens with zero attached hydrogens (tertiary/aromatic N) is 2. The molecule has 0 fully saturated rings.